The summed E-state index contributed by atoms with van der Waals surface area (Å²) in [5.74, 6) is -2.23. The summed E-state index contributed by atoms with van der Waals surface area (Å²) in [4.78, 5) is 39.6. The van der Waals surface area contributed by atoms with Crippen LogP contribution in [0.4, 0.5) is 20.2 Å². The molecule has 1 aliphatic carbocycles. The van der Waals surface area contributed by atoms with Gasteiger partial charge in [-0.05, 0) is 32.0 Å². The SMILES string of the molecule is CN(C1CCC1)[C@H](C(N)=O)C(=O)Nc1ccc(N2CCOCC2=O)cc1OC(F)F. The molecule has 0 unspecified atom stereocenters. The number of primary amides is 1. The zero-order chi connectivity index (χ0) is 21.8. The molecule has 9 nitrogen and oxygen atoms in total. The molecule has 0 aromatic heterocycles. The molecule has 30 heavy (non-hydrogen) atoms. The Morgan fingerprint density at radius 1 is 1.37 bits per heavy atom. The van der Waals surface area contributed by atoms with Gasteiger partial charge in [-0.25, -0.2) is 0 Å². The summed E-state index contributed by atoms with van der Waals surface area (Å²) >= 11 is 0. The van der Waals surface area contributed by atoms with E-state index in [1.807, 2.05) is 0 Å². The molecule has 3 amide bonds. The van der Waals surface area contributed by atoms with E-state index in [4.69, 9.17) is 10.5 Å². The predicted molar refractivity (Wildman–Crippen MR) is 103 cm³/mol. The Balaban J connectivity index is 1.83. The largest absolute Gasteiger partial charge is 0.433 e. The van der Waals surface area contributed by atoms with E-state index in [2.05, 4.69) is 10.1 Å². The summed E-state index contributed by atoms with van der Waals surface area (Å²) in [5.41, 5.74) is 5.69. The number of nitrogens with two attached hydrogens (primary N) is 1. The van der Waals surface area contributed by atoms with Gasteiger partial charge in [-0.1, -0.05) is 6.42 Å². The van der Waals surface area contributed by atoms with E-state index in [0.717, 1.165) is 19.3 Å². The Kier molecular flexibility index (Phi) is 6.83. The summed E-state index contributed by atoms with van der Waals surface area (Å²) in [5, 5.41) is 2.45. The third kappa shape index (κ3) is 4.85. The monoisotopic (exact) mass is 426 g/mol. The Labute approximate surface area is 172 Å². The normalized spacial score (nSPS) is 18.3. The molecule has 0 bridgehead atoms. The molecule has 1 aromatic rings. The number of hydrogen-bond donors (Lipinski definition) is 2. The molecule has 0 radical (unpaired) electrons. The van der Waals surface area contributed by atoms with Crippen molar-refractivity contribution in [1.82, 2.24) is 4.90 Å². The number of rotatable bonds is 8. The van der Waals surface area contributed by atoms with E-state index in [1.54, 1.807) is 11.9 Å². The van der Waals surface area contributed by atoms with Crippen molar-refractivity contribution in [2.24, 2.45) is 5.73 Å². The number of carbonyl (C=O) groups is 3. The lowest BCUT2D eigenvalue weighted by Gasteiger charge is -2.37. The molecule has 2 aliphatic rings. The fraction of sp³-hybridized carbons (Fsp3) is 0.526. The minimum Gasteiger partial charge on any atom is -0.433 e. The molecule has 1 aliphatic heterocycles. The van der Waals surface area contributed by atoms with Crippen LogP contribution in [0.15, 0.2) is 18.2 Å². The number of anilines is 2. The van der Waals surface area contributed by atoms with Gasteiger partial charge in [0, 0.05) is 24.3 Å². The third-order valence-corrected chi connectivity index (χ3v) is 5.31. The fourth-order valence-corrected chi connectivity index (χ4v) is 3.49. The number of likely N-dealkylation sites (N-methyl/N-ethyl adjacent to an activating group) is 1. The van der Waals surface area contributed by atoms with Crippen molar-refractivity contribution in [1.29, 1.82) is 0 Å². The fourth-order valence-electron chi connectivity index (χ4n) is 3.49. The maximum atomic E-state index is 12.9. The zero-order valence-electron chi connectivity index (χ0n) is 16.5. The minimum absolute atomic E-state index is 0.0553. The van der Waals surface area contributed by atoms with Crippen LogP contribution in [-0.4, -0.2) is 68.1 Å². The number of carbonyl (C=O) groups excluding carboxylic acids is 3. The van der Waals surface area contributed by atoms with Crippen molar-refractivity contribution in [3.8, 4) is 5.75 Å². The average molecular weight is 426 g/mol. The first kappa shape index (κ1) is 21.9. The van der Waals surface area contributed by atoms with Gasteiger partial charge in [-0.2, -0.15) is 8.78 Å². The van der Waals surface area contributed by atoms with Crippen molar-refractivity contribution in [3.63, 3.8) is 0 Å². The van der Waals surface area contributed by atoms with Gasteiger partial charge in [0.2, 0.25) is 5.91 Å². The van der Waals surface area contributed by atoms with Crippen LogP contribution >= 0.6 is 0 Å². The second kappa shape index (κ2) is 9.35. The minimum atomic E-state index is -3.15. The summed E-state index contributed by atoms with van der Waals surface area (Å²) in [6.07, 6.45) is 2.68. The van der Waals surface area contributed by atoms with E-state index in [1.165, 1.54) is 23.1 Å². The lowest BCUT2D eigenvalue weighted by atomic mass is 9.90. The van der Waals surface area contributed by atoms with Gasteiger partial charge in [0.1, 0.15) is 6.61 Å². The number of benzene rings is 1. The van der Waals surface area contributed by atoms with E-state index < -0.39 is 24.5 Å². The van der Waals surface area contributed by atoms with Crippen LogP contribution in [0.25, 0.3) is 0 Å². The molecule has 2 fully saturated rings. The summed E-state index contributed by atoms with van der Waals surface area (Å²) < 4.78 is 35.5. The number of halogens is 2. The van der Waals surface area contributed by atoms with Crippen molar-refractivity contribution in [2.45, 2.75) is 38.0 Å². The molecule has 164 valence electrons. The van der Waals surface area contributed by atoms with Gasteiger partial charge < -0.3 is 25.4 Å². The highest BCUT2D eigenvalue weighted by atomic mass is 19.3. The van der Waals surface area contributed by atoms with Gasteiger partial charge in [0.15, 0.2) is 11.8 Å². The zero-order valence-corrected chi connectivity index (χ0v) is 16.5. The predicted octanol–water partition coefficient (Wildman–Crippen LogP) is 0.928. The first-order valence-electron chi connectivity index (χ1n) is 9.57. The summed E-state index contributed by atoms with van der Waals surface area (Å²) in [6, 6.07) is 2.87. The number of nitrogens with zero attached hydrogens (tertiary/aromatic N) is 2. The lowest BCUT2D eigenvalue weighted by molar-refractivity contribution is -0.133. The third-order valence-electron chi connectivity index (χ3n) is 5.31. The van der Waals surface area contributed by atoms with Gasteiger partial charge in [0.25, 0.3) is 11.8 Å². The highest BCUT2D eigenvalue weighted by molar-refractivity contribution is 6.10. The van der Waals surface area contributed by atoms with E-state index >= 15 is 0 Å². The molecule has 1 heterocycles. The molecule has 3 rings (SSSR count). The summed E-state index contributed by atoms with van der Waals surface area (Å²) in [7, 11) is 1.63. The van der Waals surface area contributed by atoms with Crippen LogP contribution in [-0.2, 0) is 19.1 Å². The van der Waals surface area contributed by atoms with Gasteiger partial charge in [-0.3, -0.25) is 19.3 Å². The van der Waals surface area contributed by atoms with E-state index in [9.17, 15) is 23.2 Å². The highest BCUT2D eigenvalue weighted by Crippen LogP contribution is 2.32. The van der Waals surface area contributed by atoms with Crippen molar-refractivity contribution < 1.29 is 32.6 Å². The quantitative estimate of drug-likeness (QED) is 0.598. The molecule has 11 heteroatoms. The number of ether oxygens (including phenoxy) is 2. The lowest BCUT2D eigenvalue weighted by Crippen LogP contribution is -2.55. The molecule has 1 atom stereocenters. The molecule has 1 aromatic carbocycles. The molecule has 0 spiro atoms. The van der Waals surface area contributed by atoms with Crippen molar-refractivity contribution in [2.75, 3.05) is 37.0 Å². The van der Waals surface area contributed by atoms with E-state index in [0.29, 0.717) is 12.3 Å². The first-order chi connectivity index (χ1) is 14.3. The van der Waals surface area contributed by atoms with Crippen molar-refractivity contribution in [3.05, 3.63) is 18.2 Å². The second-order valence-corrected chi connectivity index (χ2v) is 7.20. The Morgan fingerprint density at radius 3 is 2.67 bits per heavy atom. The number of nitrogens with one attached hydrogen (secondary N) is 1. The van der Waals surface area contributed by atoms with E-state index in [-0.39, 0.29) is 36.5 Å². The van der Waals surface area contributed by atoms with Gasteiger partial charge >= 0.3 is 6.61 Å². The Hall–Kier alpha value is -2.79. The highest BCUT2D eigenvalue weighted by Gasteiger charge is 2.36. The molecular formula is C19H24F2N4O5. The number of morpholine rings is 1. The average Bonchev–Trinajstić information content (AvgIpc) is 2.61. The van der Waals surface area contributed by atoms with Crippen LogP contribution < -0.4 is 20.7 Å². The van der Waals surface area contributed by atoms with Crippen LogP contribution in [0, 0.1) is 0 Å². The van der Waals surface area contributed by atoms with Gasteiger partial charge in [0.05, 0.1) is 12.3 Å². The number of alkyl halides is 2. The maximum absolute atomic E-state index is 12.9. The molecule has 3 N–H and O–H groups in total. The molecule has 1 saturated heterocycles. The summed E-state index contributed by atoms with van der Waals surface area (Å²) in [6.45, 7) is -2.70. The van der Waals surface area contributed by atoms with Crippen LogP contribution in [0.3, 0.4) is 0 Å². The molecular weight excluding hydrogens is 402 g/mol. The van der Waals surface area contributed by atoms with Crippen molar-refractivity contribution >= 4 is 29.1 Å². The van der Waals surface area contributed by atoms with Gasteiger partial charge in [-0.15, -0.1) is 0 Å². The van der Waals surface area contributed by atoms with Crippen LogP contribution in [0.5, 0.6) is 5.75 Å². The number of amides is 3. The Bertz CT molecular complexity index is 818. The van der Waals surface area contributed by atoms with Crippen LogP contribution in [0.2, 0.25) is 0 Å². The standard InChI is InChI=1S/C19H24F2N4O5/c1-24(11-3-2-4-11)16(17(22)27)18(28)23-13-6-5-12(9-14(13)30-19(20)21)25-7-8-29-10-15(25)26/h5-6,9,11,16,19H,2-4,7-8,10H2,1H3,(H2,22,27)(H,23,28)/t16-/m1/s1. The second-order valence-electron chi connectivity index (χ2n) is 7.20. The molecule has 1 saturated carbocycles. The maximum Gasteiger partial charge on any atom is 0.387 e. The first-order valence-corrected chi connectivity index (χ1v) is 9.57. The van der Waals surface area contributed by atoms with Crippen LogP contribution in [0.1, 0.15) is 19.3 Å². The Morgan fingerprint density at radius 2 is 2.10 bits per heavy atom. The smallest absolute Gasteiger partial charge is 0.387 e. The topological polar surface area (TPSA) is 114 Å². The number of hydrogen-bond acceptors (Lipinski definition) is 6.